The SMILES string of the molecule is C#C/C=C(/C)[C@@H](O[Si](C)(C)C(C)(C)C)C(C)(C)C(=O)OC. The van der Waals surface area contributed by atoms with Crippen molar-refractivity contribution >= 4 is 14.3 Å². The number of allylic oxidation sites excluding steroid dienone is 1. The molecule has 0 aromatic rings. The molecule has 0 aromatic carbocycles. The molecule has 1 atom stereocenters. The van der Waals surface area contributed by atoms with E-state index in [9.17, 15) is 4.79 Å². The van der Waals surface area contributed by atoms with E-state index in [0.29, 0.717) is 0 Å². The Labute approximate surface area is 131 Å². The molecule has 0 N–H and O–H groups in total. The molecule has 0 bridgehead atoms. The maximum Gasteiger partial charge on any atom is 0.314 e. The number of ether oxygens (including phenoxy) is 1. The van der Waals surface area contributed by atoms with Crippen molar-refractivity contribution in [1.82, 2.24) is 0 Å². The van der Waals surface area contributed by atoms with Crippen molar-refractivity contribution in [3.05, 3.63) is 11.6 Å². The highest BCUT2D eigenvalue weighted by Gasteiger charge is 2.46. The van der Waals surface area contributed by atoms with E-state index in [-0.39, 0.29) is 17.1 Å². The molecule has 0 aliphatic heterocycles. The lowest BCUT2D eigenvalue weighted by Crippen LogP contribution is -2.50. The van der Waals surface area contributed by atoms with Crippen LogP contribution in [-0.4, -0.2) is 27.5 Å². The molecule has 0 saturated heterocycles. The second kappa shape index (κ2) is 6.80. The number of carbonyl (C=O) groups is 1. The standard InChI is InChI=1S/C17H30O3Si/c1-11-12-13(2)14(17(6,7)15(18)19-8)20-21(9,10)16(3,4)5/h1,12,14H,2-10H3/b13-12-/t14-/m1/s1. The first-order valence-electron chi connectivity index (χ1n) is 7.20. The smallest absolute Gasteiger partial charge is 0.314 e. The molecule has 0 aromatic heterocycles. The van der Waals surface area contributed by atoms with E-state index in [1.807, 2.05) is 20.8 Å². The van der Waals surface area contributed by atoms with Crippen molar-refractivity contribution in [2.75, 3.05) is 7.11 Å². The number of carbonyl (C=O) groups excluding carboxylic acids is 1. The van der Waals surface area contributed by atoms with Crippen molar-refractivity contribution in [1.29, 1.82) is 0 Å². The van der Waals surface area contributed by atoms with Gasteiger partial charge in [-0.3, -0.25) is 4.79 Å². The number of terminal acetylenes is 1. The minimum atomic E-state index is -2.05. The van der Waals surface area contributed by atoms with Gasteiger partial charge in [0.25, 0.3) is 0 Å². The number of hydrogen-bond acceptors (Lipinski definition) is 3. The average Bonchev–Trinajstić information content (AvgIpc) is 2.33. The second-order valence-corrected chi connectivity index (χ2v) is 12.3. The molecule has 0 aliphatic carbocycles. The summed E-state index contributed by atoms with van der Waals surface area (Å²) in [6.45, 7) is 16.4. The van der Waals surface area contributed by atoms with Gasteiger partial charge in [0.05, 0.1) is 18.6 Å². The van der Waals surface area contributed by atoms with Gasteiger partial charge in [-0.2, -0.15) is 0 Å². The maximum atomic E-state index is 12.2. The van der Waals surface area contributed by atoms with Crippen LogP contribution < -0.4 is 0 Å². The van der Waals surface area contributed by atoms with Crippen molar-refractivity contribution in [2.45, 2.75) is 65.8 Å². The van der Waals surface area contributed by atoms with E-state index in [0.717, 1.165) is 5.57 Å². The van der Waals surface area contributed by atoms with E-state index < -0.39 is 13.7 Å². The van der Waals surface area contributed by atoms with Gasteiger partial charge in [0.15, 0.2) is 8.32 Å². The van der Waals surface area contributed by atoms with Crippen molar-refractivity contribution in [3.8, 4) is 12.3 Å². The van der Waals surface area contributed by atoms with Crippen LogP contribution in [0.1, 0.15) is 41.5 Å². The Morgan fingerprint density at radius 3 is 2.05 bits per heavy atom. The molecule has 0 spiro atoms. The third-order valence-corrected chi connectivity index (χ3v) is 8.75. The third kappa shape index (κ3) is 4.72. The van der Waals surface area contributed by atoms with Crippen molar-refractivity contribution in [2.24, 2.45) is 5.41 Å². The number of hydrogen-bond donors (Lipinski definition) is 0. The van der Waals surface area contributed by atoms with Gasteiger partial charge in [-0.25, -0.2) is 0 Å². The van der Waals surface area contributed by atoms with Crippen molar-refractivity contribution in [3.63, 3.8) is 0 Å². The molecule has 21 heavy (non-hydrogen) atoms. The van der Waals surface area contributed by atoms with E-state index >= 15 is 0 Å². The maximum absolute atomic E-state index is 12.2. The minimum Gasteiger partial charge on any atom is -0.469 e. The lowest BCUT2D eigenvalue weighted by atomic mass is 9.83. The van der Waals surface area contributed by atoms with Crippen LogP contribution in [-0.2, 0) is 14.0 Å². The van der Waals surface area contributed by atoms with Gasteiger partial charge < -0.3 is 9.16 Å². The fourth-order valence-electron chi connectivity index (χ4n) is 1.86. The van der Waals surface area contributed by atoms with E-state index in [1.54, 1.807) is 6.08 Å². The average molecular weight is 311 g/mol. The van der Waals surface area contributed by atoms with Gasteiger partial charge in [-0.05, 0) is 50.6 Å². The minimum absolute atomic E-state index is 0.0495. The Hall–Kier alpha value is -1.05. The number of esters is 1. The molecule has 0 amide bonds. The summed E-state index contributed by atoms with van der Waals surface area (Å²) >= 11 is 0. The summed E-state index contributed by atoms with van der Waals surface area (Å²) in [6.07, 6.45) is 6.66. The Morgan fingerprint density at radius 1 is 1.24 bits per heavy atom. The molecule has 0 radical (unpaired) electrons. The normalized spacial score (nSPS) is 15.3. The molecule has 0 rings (SSSR count). The van der Waals surface area contributed by atoms with Crippen LogP contribution in [0.2, 0.25) is 18.1 Å². The Balaban J connectivity index is 5.74. The molecular weight excluding hydrogens is 280 g/mol. The fourth-order valence-corrected chi connectivity index (χ4v) is 3.28. The van der Waals surface area contributed by atoms with Gasteiger partial charge in [-0.1, -0.05) is 26.7 Å². The van der Waals surface area contributed by atoms with Gasteiger partial charge in [0.2, 0.25) is 0 Å². The second-order valence-electron chi connectivity index (χ2n) is 7.53. The summed E-state index contributed by atoms with van der Waals surface area (Å²) < 4.78 is 11.4. The molecule has 0 fully saturated rings. The van der Waals surface area contributed by atoms with Gasteiger partial charge in [0.1, 0.15) is 0 Å². The quantitative estimate of drug-likeness (QED) is 0.434. The zero-order valence-electron chi connectivity index (χ0n) is 15.0. The largest absolute Gasteiger partial charge is 0.469 e. The highest BCUT2D eigenvalue weighted by molar-refractivity contribution is 6.74. The molecule has 0 aliphatic rings. The molecule has 3 nitrogen and oxygen atoms in total. The molecule has 0 heterocycles. The van der Waals surface area contributed by atoms with E-state index in [1.165, 1.54) is 7.11 Å². The van der Waals surface area contributed by atoms with Crippen LogP contribution in [0.5, 0.6) is 0 Å². The molecule has 4 heteroatoms. The number of methoxy groups -OCH3 is 1. The highest BCUT2D eigenvalue weighted by atomic mass is 28.4. The molecule has 0 unspecified atom stereocenters. The van der Waals surface area contributed by atoms with Crippen LogP contribution in [0.3, 0.4) is 0 Å². The van der Waals surface area contributed by atoms with Gasteiger partial charge in [-0.15, -0.1) is 6.42 Å². The third-order valence-electron chi connectivity index (χ3n) is 4.31. The molecular formula is C17H30O3Si. The molecule has 0 saturated carbocycles. The first-order chi connectivity index (χ1) is 9.31. The van der Waals surface area contributed by atoms with E-state index in [4.69, 9.17) is 15.6 Å². The summed E-state index contributed by atoms with van der Waals surface area (Å²) in [4.78, 5) is 12.2. The summed E-state index contributed by atoms with van der Waals surface area (Å²) in [5, 5.41) is 0.0495. The number of rotatable bonds is 5. The Bertz CT molecular complexity index is 448. The van der Waals surface area contributed by atoms with Crippen LogP contribution >= 0.6 is 0 Å². The van der Waals surface area contributed by atoms with Crippen LogP contribution in [0.15, 0.2) is 11.6 Å². The summed E-state index contributed by atoms with van der Waals surface area (Å²) in [5.74, 6) is 2.23. The topological polar surface area (TPSA) is 35.5 Å². The summed E-state index contributed by atoms with van der Waals surface area (Å²) in [7, 11) is -0.649. The predicted octanol–water partition coefficient (Wildman–Crippen LogP) is 4.16. The van der Waals surface area contributed by atoms with Crippen molar-refractivity contribution < 1.29 is 14.0 Å². The fraction of sp³-hybridized carbons (Fsp3) is 0.706. The summed E-state index contributed by atoms with van der Waals surface area (Å²) in [6, 6.07) is 0. The van der Waals surface area contributed by atoms with E-state index in [2.05, 4.69) is 39.8 Å². The lowest BCUT2D eigenvalue weighted by Gasteiger charge is -2.43. The van der Waals surface area contributed by atoms with Crippen LogP contribution in [0, 0.1) is 17.8 Å². The first-order valence-corrected chi connectivity index (χ1v) is 10.1. The first kappa shape index (κ1) is 19.9. The zero-order valence-corrected chi connectivity index (χ0v) is 16.0. The van der Waals surface area contributed by atoms with Crippen LogP contribution in [0.25, 0.3) is 0 Å². The predicted molar refractivity (Wildman–Crippen MR) is 90.5 cm³/mol. The highest BCUT2D eigenvalue weighted by Crippen LogP contribution is 2.41. The molecule has 120 valence electrons. The summed E-state index contributed by atoms with van der Waals surface area (Å²) in [5.41, 5.74) is 0.0829. The monoisotopic (exact) mass is 310 g/mol. The van der Waals surface area contributed by atoms with Crippen LogP contribution in [0.4, 0.5) is 0 Å². The lowest BCUT2D eigenvalue weighted by molar-refractivity contribution is -0.155. The zero-order chi connectivity index (χ0) is 17.1. The Morgan fingerprint density at radius 2 is 1.71 bits per heavy atom. The van der Waals surface area contributed by atoms with Gasteiger partial charge >= 0.3 is 5.97 Å². The van der Waals surface area contributed by atoms with Gasteiger partial charge in [0, 0.05) is 0 Å². The Kier molecular flexibility index (Phi) is 6.46.